The van der Waals surface area contributed by atoms with E-state index in [2.05, 4.69) is 22.5 Å². The number of rotatable bonds is 3. The highest BCUT2D eigenvalue weighted by Gasteiger charge is 2.28. The summed E-state index contributed by atoms with van der Waals surface area (Å²) < 4.78 is 0. The van der Waals surface area contributed by atoms with Crippen LogP contribution in [-0.2, 0) is 4.79 Å². The first-order valence-electron chi connectivity index (χ1n) is 6.62. The molecule has 0 aliphatic carbocycles. The van der Waals surface area contributed by atoms with Crippen molar-refractivity contribution in [2.45, 2.75) is 38.8 Å². The second-order valence-electron chi connectivity index (χ2n) is 5.07. The van der Waals surface area contributed by atoms with Crippen LogP contribution in [0.15, 0.2) is 24.5 Å². The quantitative estimate of drug-likeness (QED) is 0.854. The smallest absolute Gasteiger partial charge is 0.237 e. The summed E-state index contributed by atoms with van der Waals surface area (Å²) >= 11 is 0. The summed E-state index contributed by atoms with van der Waals surface area (Å²) in [5.74, 6) is 0.499. The SMILES string of the molecule is CC(NC(=O)C1NCCCC1C)c1cccnc1. The predicted octanol–water partition coefficient (Wildman–Crippen LogP) is 1.65. The van der Waals surface area contributed by atoms with Gasteiger partial charge >= 0.3 is 0 Å². The lowest BCUT2D eigenvalue weighted by Crippen LogP contribution is -2.51. The van der Waals surface area contributed by atoms with Gasteiger partial charge in [0.15, 0.2) is 0 Å². The normalized spacial score (nSPS) is 25.4. The third kappa shape index (κ3) is 3.07. The fourth-order valence-corrected chi connectivity index (χ4v) is 2.42. The molecule has 0 saturated carbocycles. The maximum Gasteiger partial charge on any atom is 0.237 e. The first-order valence-corrected chi connectivity index (χ1v) is 6.62. The molecule has 2 heterocycles. The Bertz CT molecular complexity index is 393. The molecule has 1 fully saturated rings. The third-order valence-corrected chi connectivity index (χ3v) is 3.60. The van der Waals surface area contributed by atoms with Crippen molar-refractivity contribution in [3.8, 4) is 0 Å². The van der Waals surface area contributed by atoms with E-state index in [0.29, 0.717) is 5.92 Å². The van der Waals surface area contributed by atoms with Gasteiger partial charge in [-0.25, -0.2) is 0 Å². The predicted molar refractivity (Wildman–Crippen MR) is 71.0 cm³/mol. The van der Waals surface area contributed by atoms with Crippen LogP contribution >= 0.6 is 0 Å². The van der Waals surface area contributed by atoms with Crippen molar-refractivity contribution >= 4 is 5.91 Å². The van der Waals surface area contributed by atoms with Gasteiger partial charge in [-0.15, -0.1) is 0 Å². The number of aromatic nitrogens is 1. The van der Waals surface area contributed by atoms with E-state index < -0.39 is 0 Å². The van der Waals surface area contributed by atoms with Crippen LogP contribution in [0.25, 0.3) is 0 Å². The monoisotopic (exact) mass is 247 g/mol. The van der Waals surface area contributed by atoms with Crippen LogP contribution in [0.2, 0.25) is 0 Å². The Morgan fingerprint density at radius 2 is 2.44 bits per heavy atom. The van der Waals surface area contributed by atoms with Gasteiger partial charge in [-0.05, 0) is 43.9 Å². The van der Waals surface area contributed by atoms with E-state index in [4.69, 9.17) is 0 Å². The van der Waals surface area contributed by atoms with Crippen LogP contribution in [0.4, 0.5) is 0 Å². The minimum Gasteiger partial charge on any atom is -0.348 e. The molecule has 4 nitrogen and oxygen atoms in total. The molecule has 1 aromatic rings. The Labute approximate surface area is 108 Å². The van der Waals surface area contributed by atoms with E-state index in [9.17, 15) is 4.79 Å². The number of nitrogens with one attached hydrogen (secondary N) is 2. The molecule has 1 amide bonds. The van der Waals surface area contributed by atoms with Crippen molar-refractivity contribution in [2.24, 2.45) is 5.92 Å². The maximum atomic E-state index is 12.2. The van der Waals surface area contributed by atoms with Crippen LogP contribution in [0.5, 0.6) is 0 Å². The first-order chi connectivity index (χ1) is 8.68. The van der Waals surface area contributed by atoms with Crippen LogP contribution in [0.1, 0.15) is 38.3 Å². The molecule has 1 saturated heterocycles. The molecule has 1 aliphatic rings. The summed E-state index contributed by atoms with van der Waals surface area (Å²) in [6, 6.07) is 3.81. The number of piperidine rings is 1. The molecule has 0 spiro atoms. The van der Waals surface area contributed by atoms with Gasteiger partial charge in [0.05, 0.1) is 12.1 Å². The van der Waals surface area contributed by atoms with E-state index >= 15 is 0 Å². The fraction of sp³-hybridized carbons (Fsp3) is 0.571. The van der Waals surface area contributed by atoms with Crippen LogP contribution in [-0.4, -0.2) is 23.5 Å². The van der Waals surface area contributed by atoms with E-state index in [1.54, 1.807) is 12.4 Å². The average molecular weight is 247 g/mol. The molecular weight excluding hydrogens is 226 g/mol. The van der Waals surface area contributed by atoms with Crippen molar-refractivity contribution in [1.29, 1.82) is 0 Å². The summed E-state index contributed by atoms with van der Waals surface area (Å²) in [6.45, 7) is 5.05. The number of pyridine rings is 1. The second kappa shape index (κ2) is 5.96. The molecule has 2 rings (SSSR count). The summed E-state index contributed by atoms with van der Waals surface area (Å²) in [5, 5.41) is 6.35. The van der Waals surface area contributed by atoms with Crippen LogP contribution in [0.3, 0.4) is 0 Å². The number of hydrogen-bond acceptors (Lipinski definition) is 3. The fourth-order valence-electron chi connectivity index (χ4n) is 2.42. The largest absolute Gasteiger partial charge is 0.348 e. The summed E-state index contributed by atoms with van der Waals surface area (Å²) in [7, 11) is 0. The van der Waals surface area contributed by atoms with Gasteiger partial charge in [0.2, 0.25) is 5.91 Å². The van der Waals surface area contributed by atoms with Crippen LogP contribution < -0.4 is 10.6 Å². The lowest BCUT2D eigenvalue weighted by molar-refractivity contribution is -0.125. The molecule has 4 heteroatoms. The van der Waals surface area contributed by atoms with Crippen molar-refractivity contribution in [1.82, 2.24) is 15.6 Å². The summed E-state index contributed by atoms with van der Waals surface area (Å²) in [6.07, 6.45) is 5.81. The van der Waals surface area contributed by atoms with Crippen molar-refractivity contribution < 1.29 is 4.79 Å². The van der Waals surface area contributed by atoms with Crippen LogP contribution in [0, 0.1) is 5.92 Å². The van der Waals surface area contributed by atoms with Gasteiger partial charge in [-0.1, -0.05) is 13.0 Å². The molecule has 3 atom stereocenters. The Morgan fingerprint density at radius 1 is 1.61 bits per heavy atom. The first kappa shape index (κ1) is 13.0. The maximum absolute atomic E-state index is 12.2. The van der Waals surface area contributed by atoms with Gasteiger partial charge in [-0.2, -0.15) is 0 Å². The Balaban J connectivity index is 1.94. The number of hydrogen-bond donors (Lipinski definition) is 2. The molecule has 0 radical (unpaired) electrons. The zero-order valence-electron chi connectivity index (χ0n) is 11.0. The Morgan fingerprint density at radius 3 is 3.11 bits per heavy atom. The lowest BCUT2D eigenvalue weighted by Gasteiger charge is -2.30. The molecule has 1 aromatic heterocycles. The highest BCUT2D eigenvalue weighted by molar-refractivity contribution is 5.82. The van der Waals surface area contributed by atoms with Crippen molar-refractivity contribution in [3.63, 3.8) is 0 Å². The number of carbonyl (C=O) groups is 1. The van der Waals surface area contributed by atoms with E-state index in [1.807, 2.05) is 19.1 Å². The number of carbonyl (C=O) groups excluding carboxylic acids is 1. The average Bonchev–Trinajstić information content (AvgIpc) is 2.40. The number of amides is 1. The Kier molecular flexibility index (Phi) is 4.31. The van der Waals surface area contributed by atoms with Crippen molar-refractivity contribution in [2.75, 3.05) is 6.54 Å². The van der Waals surface area contributed by atoms with Gasteiger partial charge in [-0.3, -0.25) is 9.78 Å². The van der Waals surface area contributed by atoms with E-state index in [0.717, 1.165) is 24.9 Å². The Hall–Kier alpha value is -1.42. The summed E-state index contributed by atoms with van der Waals surface area (Å²) in [4.78, 5) is 16.3. The lowest BCUT2D eigenvalue weighted by atomic mass is 9.92. The topological polar surface area (TPSA) is 54.0 Å². The van der Waals surface area contributed by atoms with Gasteiger partial charge in [0, 0.05) is 12.4 Å². The highest BCUT2D eigenvalue weighted by Crippen LogP contribution is 2.17. The minimum absolute atomic E-state index is 0.00197. The molecule has 1 aliphatic heterocycles. The zero-order valence-corrected chi connectivity index (χ0v) is 11.0. The third-order valence-electron chi connectivity index (χ3n) is 3.60. The van der Waals surface area contributed by atoms with Crippen molar-refractivity contribution in [3.05, 3.63) is 30.1 Å². The molecule has 98 valence electrons. The second-order valence-corrected chi connectivity index (χ2v) is 5.07. The standard InChI is InChI=1S/C14H21N3O/c1-10-5-3-8-16-13(10)14(18)17-11(2)12-6-4-7-15-9-12/h4,6-7,9-11,13,16H,3,5,8H2,1-2H3,(H,17,18). The van der Waals surface area contributed by atoms with Gasteiger partial charge in [0.1, 0.15) is 0 Å². The molecule has 2 N–H and O–H groups in total. The minimum atomic E-state index is -0.0575. The zero-order chi connectivity index (χ0) is 13.0. The van der Waals surface area contributed by atoms with Gasteiger partial charge < -0.3 is 10.6 Å². The molecular formula is C14H21N3O. The van der Waals surface area contributed by atoms with E-state index in [-0.39, 0.29) is 18.0 Å². The molecule has 0 aromatic carbocycles. The van der Waals surface area contributed by atoms with E-state index in [1.165, 1.54) is 0 Å². The number of nitrogens with zero attached hydrogens (tertiary/aromatic N) is 1. The van der Waals surface area contributed by atoms with Gasteiger partial charge in [0.25, 0.3) is 0 Å². The highest BCUT2D eigenvalue weighted by atomic mass is 16.2. The molecule has 3 unspecified atom stereocenters. The molecule has 0 bridgehead atoms. The molecule has 18 heavy (non-hydrogen) atoms. The summed E-state index contributed by atoms with van der Waals surface area (Å²) in [5.41, 5.74) is 1.04.